The van der Waals surface area contributed by atoms with E-state index in [-0.39, 0.29) is 0 Å². The van der Waals surface area contributed by atoms with Crippen molar-refractivity contribution in [1.29, 1.82) is 0 Å². The third-order valence-electron chi connectivity index (χ3n) is 3.55. The Balaban J connectivity index is 2.19. The largest absolute Gasteiger partial charge is 0.384 e. The van der Waals surface area contributed by atoms with E-state index in [0.29, 0.717) is 28.6 Å². The molecule has 2 unspecified atom stereocenters. The van der Waals surface area contributed by atoms with E-state index in [4.69, 9.17) is 27.9 Å². The summed E-state index contributed by atoms with van der Waals surface area (Å²) in [5, 5.41) is 4.80. The lowest BCUT2D eigenvalue weighted by Gasteiger charge is -2.31. The molecule has 1 aliphatic heterocycles. The average Bonchev–Trinajstić information content (AvgIpc) is 2.40. The Kier molecular flexibility index (Phi) is 5.31. The summed E-state index contributed by atoms with van der Waals surface area (Å²) in [6.45, 7) is 1.79. The summed E-state index contributed by atoms with van der Waals surface area (Å²) in [6, 6.07) is 6.35. The standard InChI is InChI=1S/C14H19Cl2NO/c1-18-9-11(14-4-2-3-7-17-14)10-5-6-12(15)13(16)8-10/h5-6,8,11,14,17H,2-4,7,9H2,1H3. The number of benzene rings is 1. The lowest BCUT2D eigenvalue weighted by Crippen LogP contribution is -2.40. The van der Waals surface area contributed by atoms with Gasteiger partial charge in [-0.2, -0.15) is 0 Å². The molecule has 1 heterocycles. The highest BCUT2D eigenvalue weighted by Crippen LogP contribution is 2.30. The second-order valence-electron chi connectivity index (χ2n) is 4.79. The van der Waals surface area contributed by atoms with Gasteiger partial charge in [0.15, 0.2) is 0 Å². The number of methoxy groups -OCH3 is 1. The van der Waals surface area contributed by atoms with Gasteiger partial charge in [-0.3, -0.25) is 0 Å². The molecule has 1 fully saturated rings. The van der Waals surface area contributed by atoms with E-state index in [1.165, 1.54) is 24.8 Å². The van der Waals surface area contributed by atoms with Crippen LogP contribution in [0.25, 0.3) is 0 Å². The molecule has 4 heteroatoms. The molecule has 18 heavy (non-hydrogen) atoms. The lowest BCUT2D eigenvalue weighted by molar-refractivity contribution is 0.155. The van der Waals surface area contributed by atoms with E-state index >= 15 is 0 Å². The minimum absolute atomic E-state index is 0.338. The van der Waals surface area contributed by atoms with E-state index in [0.717, 1.165) is 6.54 Å². The van der Waals surface area contributed by atoms with Gasteiger partial charge in [-0.05, 0) is 37.1 Å². The average molecular weight is 288 g/mol. The molecule has 100 valence electrons. The molecule has 1 saturated heterocycles. The van der Waals surface area contributed by atoms with Crippen LogP contribution in [0.3, 0.4) is 0 Å². The molecule has 0 aromatic heterocycles. The van der Waals surface area contributed by atoms with Gasteiger partial charge in [0.05, 0.1) is 16.7 Å². The predicted molar refractivity (Wildman–Crippen MR) is 76.7 cm³/mol. The van der Waals surface area contributed by atoms with Crippen molar-refractivity contribution in [3.05, 3.63) is 33.8 Å². The van der Waals surface area contributed by atoms with Crippen molar-refractivity contribution < 1.29 is 4.74 Å². The summed E-state index contributed by atoms with van der Waals surface area (Å²) in [7, 11) is 1.74. The van der Waals surface area contributed by atoms with E-state index < -0.39 is 0 Å². The smallest absolute Gasteiger partial charge is 0.0595 e. The summed E-state index contributed by atoms with van der Waals surface area (Å²) >= 11 is 12.1. The maximum absolute atomic E-state index is 6.10. The minimum atomic E-state index is 0.338. The van der Waals surface area contributed by atoms with Gasteiger partial charge < -0.3 is 10.1 Å². The fourth-order valence-electron chi connectivity index (χ4n) is 2.59. The Morgan fingerprint density at radius 3 is 2.78 bits per heavy atom. The van der Waals surface area contributed by atoms with Crippen LogP contribution in [0, 0.1) is 0 Å². The van der Waals surface area contributed by atoms with Gasteiger partial charge in [0.25, 0.3) is 0 Å². The third kappa shape index (κ3) is 3.39. The lowest BCUT2D eigenvalue weighted by atomic mass is 9.87. The highest BCUT2D eigenvalue weighted by Gasteiger charge is 2.25. The second-order valence-corrected chi connectivity index (χ2v) is 5.61. The molecule has 2 rings (SSSR count). The van der Waals surface area contributed by atoms with Crippen LogP contribution in [0.1, 0.15) is 30.7 Å². The van der Waals surface area contributed by atoms with Crippen molar-refractivity contribution in [1.82, 2.24) is 5.32 Å². The summed E-state index contributed by atoms with van der Waals surface area (Å²) in [4.78, 5) is 0. The Labute approximate surface area is 119 Å². The van der Waals surface area contributed by atoms with Gasteiger partial charge in [-0.1, -0.05) is 35.7 Å². The zero-order valence-electron chi connectivity index (χ0n) is 10.6. The minimum Gasteiger partial charge on any atom is -0.384 e. The first-order valence-corrected chi connectivity index (χ1v) is 7.15. The SMILES string of the molecule is COCC(c1ccc(Cl)c(Cl)c1)C1CCCCN1. The molecular formula is C14H19Cl2NO. The van der Waals surface area contributed by atoms with Gasteiger partial charge in [-0.15, -0.1) is 0 Å². The zero-order chi connectivity index (χ0) is 13.0. The summed E-state index contributed by atoms with van der Waals surface area (Å²) in [5.41, 5.74) is 1.20. The van der Waals surface area contributed by atoms with Crippen molar-refractivity contribution in [3.63, 3.8) is 0 Å². The molecule has 1 aromatic carbocycles. The molecule has 0 aliphatic carbocycles. The monoisotopic (exact) mass is 287 g/mol. The van der Waals surface area contributed by atoms with Crippen LogP contribution in [-0.2, 0) is 4.74 Å². The second kappa shape index (κ2) is 6.76. The van der Waals surface area contributed by atoms with Crippen molar-refractivity contribution in [2.24, 2.45) is 0 Å². The van der Waals surface area contributed by atoms with Crippen molar-refractivity contribution >= 4 is 23.2 Å². The van der Waals surface area contributed by atoms with E-state index in [9.17, 15) is 0 Å². The number of rotatable bonds is 4. The molecule has 1 aliphatic rings. The Morgan fingerprint density at radius 2 is 2.17 bits per heavy atom. The summed E-state index contributed by atoms with van der Waals surface area (Å²) < 4.78 is 5.37. The fraction of sp³-hybridized carbons (Fsp3) is 0.571. The number of hydrogen-bond donors (Lipinski definition) is 1. The van der Waals surface area contributed by atoms with Crippen LogP contribution >= 0.6 is 23.2 Å². The first-order valence-electron chi connectivity index (χ1n) is 6.39. The first-order chi connectivity index (χ1) is 8.72. The molecule has 2 atom stereocenters. The van der Waals surface area contributed by atoms with Crippen LogP contribution in [0.4, 0.5) is 0 Å². The normalized spacial score (nSPS) is 21.8. The highest BCUT2D eigenvalue weighted by atomic mass is 35.5. The molecule has 1 aromatic rings. The van der Waals surface area contributed by atoms with E-state index in [1.54, 1.807) is 7.11 Å². The van der Waals surface area contributed by atoms with Gasteiger partial charge in [0.1, 0.15) is 0 Å². The number of ether oxygens (including phenoxy) is 1. The number of halogens is 2. The molecule has 0 amide bonds. The number of nitrogens with one attached hydrogen (secondary N) is 1. The van der Waals surface area contributed by atoms with Crippen LogP contribution in [0.5, 0.6) is 0 Å². The topological polar surface area (TPSA) is 21.3 Å². The summed E-state index contributed by atoms with van der Waals surface area (Å²) in [6.07, 6.45) is 3.73. The van der Waals surface area contributed by atoms with Crippen LogP contribution in [-0.4, -0.2) is 26.3 Å². The molecule has 1 N–H and O–H groups in total. The van der Waals surface area contributed by atoms with Crippen molar-refractivity contribution in [3.8, 4) is 0 Å². The molecule has 2 nitrogen and oxygen atoms in total. The van der Waals surface area contributed by atoms with Gasteiger partial charge in [-0.25, -0.2) is 0 Å². The molecule has 0 bridgehead atoms. The highest BCUT2D eigenvalue weighted by molar-refractivity contribution is 6.42. The van der Waals surface area contributed by atoms with Crippen LogP contribution < -0.4 is 5.32 Å². The zero-order valence-corrected chi connectivity index (χ0v) is 12.1. The number of piperidine rings is 1. The molecular weight excluding hydrogens is 269 g/mol. The number of hydrogen-bond acceptors (Lipinski definition) is 2. The first kappa shape index (κ1) is 14.1. The third-order valence-corrected chi connectivity index (χ3v) is 4.29. The van der Waals surface area contributed by atoms with E-state index in [1.807, 2.05) is 18.2 Å². The summed E-state index contributed by atoms with van der Waals surface area (Å²) in [5.74, 6) is 0.338. The molecule has 0 radical (unpaired) electrons. The van der Waals surface area contributed by atoms with Gasteiger partial charge in [0.2, 0.25) is 0 Å². The van der Waals surface area contributed by atoms with Gasteiger partial charge >= 0.3 is 0 Å². The fourth-order valence-corrected chi connectivity index (χ4v) is 2.90. The maximum atomic E-state index is 6.10. The predicted octanol–water partition coefficient (Wildman–Crippen LogP) is 3.87. The van der Waals surface area contributed by atoms with Crippen LogP contribution in [0.2, 0.25) is 10.0 Å². The Morgan fingerprint density at radius 1 is 1.33 bits per heavy atom. The quantitative estimate of drug-likeness (QED) is 0.908. The van der Waals surface area contributed by atoms with Crippen molar-refractivity contribution in [2.45, 2.75) is 31.2 Å². The van der Waals surface area contributed by atoms with Crippen molar-refractivity contribution in [2.75, 3.05) is 20.3 Å². The van der Waals surface area contributed by atoms with Gasteiger partial charge in [0, 0.05) is 19.1 Å². The maximum Gasteiger partial charge on any atom is 0.0595 e. The van der Waals surface area contributed by atoms with Crippen LogP contribution in [0.15, 0.2) is 18.2 Å². The Bertz CT molecular complexity index is 391. The Hall–Kier alpha value is -0.280. The van der Waals surface area contributed by atoms with E-state index in [2.05, 4.69) is 5.32 Å². The molecule has 0 saturated carbocycles. The molecule has 0 spiro atoms.